The van der Waals surface area contributed by atoms with Crippen LogP contribution in [0.5, 0.6) is 17.2 Å². The standard InChI is InChI=1S/C26H22N4O5/c1-3-32-22-7-5-4-6-18(22)25-27-20(16(2)35-25)14-29-10-11-30-21(26(29)31)13-19(28-30)17-8-9-23-24(12-17)34-15-33-23/h4-13H,3,14-15H2,1-2H3. The zero-order valence-corrected chi connectivity index (χ0v) is 19.2. The van der Waals surface area contributed by atoms with Crippen LogP contribution in [0.1, 0.15) is 18.4 Å². The van der Waals surface area contributed by atoms with Gasteiger partial charge in [0.25, 0.3) is 5.56 Å². The normalized spacial score (nSPS) is 12.4. The number of oxazole rings is 1. The third-order valence-electron chi connectivity index (χ3n) is 5.90. The van der Waals surface area contributed by atoms with Gasteiger partial charge in [-0.3, -0.25) is 4.79 Å². The van der Waals surface area contributed by atoms with Gasteiger partial charge in [0.2, 0.25) is 12.7 Å². The number of rotatable bonds is 6. The molecular formula is C26H22N4O5. The molecule has 2 aromatic carbocycles. The summed E-state index contributed by atoms with van der Waals surface area (Å²) in [5.41, 5.74) is 3.25. The van der Waals surface area contributed by atoms with Gasteiger partial charge in [0, 0.05) is 18.0 Å². The van der Waals surface area contributed by atoms with Crippen LogP contribution in [0.25, 0.3) is 28.2 Å². The molecule has 9 nitrogen and oxygen atoms in total. The number of hydrogen-bond acceptors (Lipinski definition) is 7. The van der Waals surface area contributed by atoms with Crippen LogP contribution in [-0.4, -0.2) is 32.6 Å². The molecule has 0 radical (unpaired) electrons. The molecule has 35 heavy (non-hydrogen) atoms. The van der Waals surface area contributed by atoms with Crippen molar-refractivity contribution < 1.29 is 18.6 Å². The van der Waals surface area contributed by atoms with Gasteiger partial charge in [-0.05, 0) is 50.2 Å². The Kier molecular flexibility index (Phi) is 5.02. The van der Waals surface area contributed by atoms with E-state index in [2.05, 4.69) is 10.1 Å². The number of aromatic nitrogens is 4. The summed E-state index contributed by atoms with van der Waals surface area (Å²) in [6.07, 6.45) is 3.46. The minimum absolute atomic E-state index is 0.175. The highest BCUT2D eigenvalue weighted by Crippen LogP contribution is 2.35. The number of ether oxygens (including phenoxy) is 3. The minimum Gasteiger partial charge on any atom is -0.493 e. The van der Waals surface area contributed by atoms with Crippen molar-refractivity contribution in [3.8, 4) is 40.0 Å². The molecule has 0 bridgehead atoms. The second-order valence-electron chi connectivity index (χ2n) is 8.11. The molecule has 0 amide bonds. The lowest BCUT2D eigenvalue weighted by Gasteiger charge is -2.06. The number of aryl methyl sites for hydroxylation is 1. The first-order valence-corrected chi connectivity index (χ1v) is 11.3. The number of hydrogen-bond donors (Lipinski definition) is 0. The third kappa shape index (κ3) is 3.71. The van der Waals surface area contributed by atoms with E-state index < -0.39 is 0 Å². The summed E-state index contributed by atoms with van der Waals surface area (Å²) in [6, 6.07) is 15.0. The maximum Gasteiger partial charge on any atom is 0.276 e. The molecule has 0 atom stereocenters. The third-order valence-corrected chi connectivity index (χ3v) is 5.90. The van der Waals surface area contributed by atoms with Crippen LogP contribution in [0, 0.1) is 6.92 Å². The van der Waals surface area contributed by atoms with Gasteiger partial charge in [-0.2, -0.15) is 5.10 Å². The van der Waals surface area contributed by atoms with Gasteiger partial charge < -0.3 is 23.2 Å². The monoisotopic (exact) mass is 470 g/mol. The summed E-state index contributed by atoms with van der Waals surface area (Å²) in [7, 11) is 0. The fourth-order valence-electron chi connectivity index (χ4n) is 4.12. The van der Waals surface area contributed by atoms with Gasteiger partial charge in [0.05, 0.1) is 24.4 Å². The Morgan fingerprint density at radius 1 is 1.06 bits per heavy atom. The Morgan fingerprint density at radius 3 is 2.80 bits per heavy atom. The van der Waals surface area contributed by atoms with E-state index in [1.807, 2.05) is 56.3 Å². The van der Waals surface area contributed by atoms with Crippen molar-refractivity contribution >= 4 is 5.52 Å². The van der Waals surface area contributed by atoms with Crippen molar-refractivity contribution in [3.05, 3.63) is 82.7 Å². The average molecular weight is 470 g/mol. The highest BCUT2D eigenvalue weighted by atomic mass is 16.7. The van der Waals surface area contributed by atoms with Crippen molar-refractivity contribution in [2.45, 2.75) is 20.4 Å². The molecule has 1 aliphatic heterocycles. The molecular weight excluding hydrogens is 448 g/mol. The molecule has 4 heterocycles. The first kappa shape index (κ1) is 21.0. The Labute approximate surface area is 200 Å². The lowest BCUT2D eigenvalue weighted by molar-refractivity contribution is 0.174. The molecule has 6 rings (SSSR count). The fraction of sp³-hybridized carbons (Fsp3) is 0.192. The zero-order valence-electron chi connectivity index (χ0n) is 19.2. The lowest BCUT2D eigenvalue weighted by Crippen LogP contribution is -2.22. The molecule has 9 heteroatoms. The summed E-state index contributed by atoms with van der Waals surface area (Å²) in [6.45, 7) is 4.79. The molecule has 0 unspecified atom stereocenters. The predicted octanol–water partition coefficient (Wildman–Crippen LogP) is 4.30. The first-order valence-electron chi connectivity index (χ1n) is 11.3. The maximum atomic E-state index is 13.3. The minimum atomic E-state index is -0.175. The van der Waals surface area contributed by atoms with Crippen molar-refractivity contribution in [1.29, 1.82) is 0 Å². The van der Waals surface area contributed by atoms with Crippen molar-refractivity contribution in [1.82, 2.24) is 19.2 Å². The van der Waals surface area contributed by atoms with Gasteiger partial charge in [-0.15, -0.1) is 0 Å². The Hall–Kier alpha value is -4.53. The topological polar surface area (TPSA) is 93.0 Å². The van der Waals surface area contributed by atoms with E-state index in [-0.39, 0.29) is 18.9 Å². The number of benzene rings is 2. The van der Waals surface area contributed by atoms with Gasteiger partial charge in [-0.1, -0.05) is 12.1 Å². The zero-order chi connectivity index (χ0) is 23.9. The van der Waals surface area contributed by atoms with Gasteiger partial charge >= 0.3 is 0 Å². The van der Waals surface area contributed by atoms with Crippen LogP contribution in [0.4, 0.5) is 0 Å². The fourth-order valence-corrected chi connectivity index (χ4v) is 4.12. The van der Waals surface area contributed by atoms with Gasteiger partial charge in [-0.25, -0.2) is 9.50 Å². The molecule has 0 spiro atoms. The average Bonchev–Trinajstić information content (AvgIpc) is 3.60. The summed E-state index contributed by atoms with van der Waals surface area (Å²) in [5, 5.41) is 4.56. The molecule has 5 aromatic rings. The highest BCUT2D eigenvalue weighted by Gasteiger charge is 2.18. The van der Waals surface area contributed by atoms with E-state index in [0.29, 0.717) is 52.4 Å². The largest absolute Gasteiger partial charge is 0.493 e. The Bertz CT molecular complexity index is 1610. The van der Waals surface area contributed by atoms with Crippen molar-refractivity contribution in [2.24, 2.45) is 0 Å². The van der Waals surface area contributed by atoms with E-state index in [4.69, 9.17) is 18.6 Å². The Balaban J connectivity index is 1.33. The second-order valence-corrected chi connectivity index (χ2v) is 8.11. The van der Waals surface area contributed by atoms with E-state index in [0.717, 1.165) is 11.1 Å². The molecule has 0 aliphatic carbocycles. The molecule has 0 N–H and O–H groups in total. The quantitative estimate of drug-likeness (QED) is 0.365. The predicted molar refractivity (Wildman–Crippen MR) is 128 cm³/mol. The van der Waals surface area contributed by atoms with Crippen LogP contribution in [-0.2, 0) is 6.54 Å². The van der Waals surface area contributed by atoms with Gasteiger partial charge in [0.1, 0.15) is 22.7 Å². The van der Waals surface area contributed by atoms with E-state index in [1.54, 1.807) is 27.5 Å². The van der Waals surface area contributed by atoms with Crippen LogP contribution in [0.15, 0.2) is 70.1 Å². The summed E-state index contributed by atoms with van der Waals surface area (Å²) in [4.78, 5) is 17.9. The smallest absolute Gasteiger partial charge is 0.276 e. The van der Waals surface area contributed by atoms with E-state index in [9.17, 15) is 4.79 Å². The number of nitrogens with zero attached hydrogens (tertiary/aromatic N) is 4. The van der Waals surface area contributed by atoms with Crippen molar-refractivity contribution in [2.75, 3.05) is 13.4 Å². The first-order chi connectivity index (χ1) is 17.1. The summed E-state index contributed by atoms with van der Waals surface area (Å²) < 4.78 is 25.7. The maximum absolute atomic E-state index is 13.3. The van der Waals surface area contributed by atoms with Crippen LogP contribution in [0.2, 0.25) is 0 Å². The molecule has 176 valence electrons. The van der Waals surface area contributed by atoms with Crippen LogP contribution < -0.4 is 19.8 Å². The molecule has 0 saturated carbocycles. The summed E-state index contributed by atoms with van der Waals surface area (Å²) in [5.74, 6) is 3.18. The van der Waals surface area contributed by atoms with Crippen LogP contribution >= 0.6 is 0 Å². The summed E-state index contributed by atoms with van der Waals surface area (Å²) >= 11 is 0. The van der Waals surface area contributed by atoms with Gasteiger partial charge in [0.15, 0.2) is 11.5 Å². The number of para-hydroxylation sites is 1. The Morgan fingerprint density at radius 2 is 1.91 bits per heavy atom. The molecule has 0 fully saturated rings. The highest BCUT2D eigenvalue weighted by molar-refractivity contribution is 5.68. The lowest BCUT2D eigenvalue weighted by atomic mass is 10.1. The SMILES string of the molecule is CCOc1ccccc1-c1nc(Cn2ccn3nc(-c4ccc5c(c4)OCO5)cc3c2=O)c(C)o1. The number of fused-ring (bicyclic) bond motifs is 2. The van der Waals surface area contributed by atoms with E-state index >= 15 is 0 Å². The molecule has 1 aliphatic rings. The second kappa shape index (κ2) is 8.35. The molecule has 3 aromatic heterocycles. The van der Waals surface area contributed by atoms with E-state index in [1.165, 1.54) is 0 Å². The molecule has 0 saturated heterocycles. The van der Waals surface area contributed by atoms with Crippen molar-refractivity contribution in [3.63, 3.8) is 0 Å². The van der Waals surface area contributed by atoms with Crippen LogP contribution in [0.3, 0.4) is 0 Å².